The predicted molar refractivity (Wildman–Crippen MR) is 70.8 cm³/mol. The van der Waals surface area contributed by atoms with Gasteiger partial charge in [0.25, 0.3) is 0 Å². The average Bonchev–Trinajstić information content (AvgIpc) is 2.32. The van der Waals surface area contributed by atoms with Gasteiger partial charge >= 0.3 is 0 Å². The number of rotatable bonds is 2. The van der Waals surface area contributed by atoms with Crippen LogP contribution in [0.15, 0.2) is 12.1 Å². The van der Waals surface area contributed by atoms with E-state index >= 15 is 0 Å². The van der Waals surface area contributed by atoms with E-state index in [0.717, 1.165) is 6.54 Å². The highest BCUT2D eigenvalue weighted by Crippen LogP contribution is 2.29. The van der Waals surface area contributed by atoms with Crippen LogP contribution in [0.3, 0.4) is 0 Å². The molecule has 0 radical (unpaired) electrons. The van der Waals surface area contributed by atoms with E-state index in [1.54, 1.807) is 0 Å². The maximum atomic E-state index is 13.3. The molecule has 106 valence electrons. The summed E-state index contributed by atoms with van der Waals surface area (Å²) in [6.45, 7) is 8.03. The van der Waals surface area contributed by atoms with Crippen LogP contribution < -0.4 is 0 Å². The second-order valence-electron chi connectivity index (χ2n) is 5.90. The number of benzene rings is 1. The topological polar surface area (TPSA) is 23.5 Å². The summed E-state index contributed by atoms with van der Waals surface area (Å²) in [7, 11) is 0. The number of piperidine rings is 1. The van der Waals surface area contributed by atoms with Crippen LogP contribution in [0.2, 0.25) is 0 Å². The number of hydrogen-bond acceptors (Lipinski definition) is 2. The lowest BCUT2D eigenvalue weighted by Crippen LogP contribution is -2.45. The van der Waals surface area contributed by atoms with Gasteiger partial charge in [0.2, 0.25) is 0 Å². The number of likely N-dealkylation sites (tertiary alicyclic amines) is 1. The average molecular weight is 269 g/mol. The molecule has 2 nitrogen and oxygen atoms in total. The van der Waals surface area contributed by atoms with Crippen LogP contribution in [0, 0.1) is 23.5 Å². The molecule has 1 aliphatic rings. The van der Waals surface area contributed by atoms with E-state index in [1.807, 2.05) is 0 Å². The zero-order chi connectivity index (χ0) is 14.2. The van der Waals surface area contributed by atoms with Crippen LogP contribution in [0.25, 0.3) is 0 Å². The second-order valence-corrected chi connectivity index (χ2v) is 5.90. The zero-order valence-corrected chi connectivity index (χ0v) is 11.7. The summed E-state index contributed by atoms with van der Waals surface area (Å²) in [4.78, 5) is 2.25. The Labute approximate surface area is 113 Å². The minimum atomic E-state index is -0.892. The molecule has 0 bridgehead atoms. The van der Waals surface area contributed by atoms with Gasteiger partial charge in [-0.25, -0.2) is 8.78 Å². The molecule has 3 atom stereocenters. The third kappa shape index (κ3) is 3.06. The van der Waals surface area contributed by atoms with Crippen LogP contribution >= 0.6 is 0 Å². The normalized spacial score (nSPS) is 28.6. The molecule has 0 spiro atoms. The molecule has 1 saturated heterocycles. The minimum Gasteiger partial charge on any atom is -0.503 e. The van der Waals surface area contributed by atoms with Gasteiger partial charge in [-0.3, -0.25) is 4.90 Å². The van der Waals surface area contributed by atoms with Crippen LogP contribution in [0.5, 0.6) is 5.75 Å². The first-order valence-corrected chi connectivity index (χ1v) is 6.79. The summed E-state index contributed by atoms with van der Waals surface area (Å²) < 4.78 is 26.7. The number of nitrogens with zero attached hydrogens (tertiary/aromatic N) is 1. The van der Waals surface area contributed by atoms with Gasteiger partial charge in [0.05, 0.1) is 0 Å². The molecule has 1 heterocycles. The van der Waals surface area contributed by atoms with Crippen LogP contribution in [-0.2, 0) is 6.54 Å². The van der Waals surface area contributed by atoms with Crippen LogP contribution in [0.4, 0.5) is 8.78 Å². The van der Waals surface area contributed by atoms with Gasteiger partial charge in [-0.05, 0) is 42.9 Å². The lowest BCUT2D eigenvalue weighted by atomic mass is 9.86. The summed E-state index contributed by atoms with van der Waals surface area (Å²) in [5, 5.41) is 9.11. The molecule has 1 aromatic carbocycles. The molecule has 3 unspecified atom stereocenters. The van der Waals surface area contributed by atoms with E-state index in [9.17, 15) is 8.78 Å². The maximum Gasteiger partial charge on any atom is 0.187 e. The van der Waals surface area contributed by atoms with E-state index in [1.165, 1.54) is 18.6 Å². The van der Waals surface area contributed by atoms with Gasteiger partial charge < -0.3 is 5.11 Å². The van der Waals surface area contributed by atoms with Crippen molar-refractivity contribution in [2.45, 2.75) is 39.8 Å². The molecule has 0 saturated carbocycles. The molecule has 0 aromatic heterocycles. The highest BCUT2D eigenvalue weighted by molar-refractivity contribution is 5.30. The maximum absolute atomic E-state index is 13.3. The lowest BCUT2D eigenvalue weighted by molar-refractivity contribution is 0.0727. The zero-order valence-electron chi connectivity index (χ0n) is 11.7. The SMILES string of the molecule is CC1CC(C)C(C)N(Cc2cc(F)c(O)c(F)c2)C1. The third-order valence-corrected chi connectivity index (χ3v) is 4.18. The summed E-state index contributed by atoms with van der Waals surface area (Å²) in [5.74, 6) is -1.49. The van der Waals surface area contributed by atoms with E-state index in [4.69, 9.17) is 5.11 Å². The van der Waals surface area contributed by atoms with Gasteiger partial charge in [0, 0.05) is 19.1 Å². The third-order valence-electron chi connectivity index (χ3n) is 4.18. The molecule has 0 aliphatic carbocycles. The fourth-order valence-corrected chi connectivity index (χ4v) is 2.98. The Morgan fingerprint density at radius 3 is 2.37 bits per heavy atom. The van der Waals surface area contributed by atoms with Crippen molar-refractivity contribution in [3.8, 4) is 5.75 Å². The Morgan fingerprint density at radius 1 is 1.21 bits per heavy atom. The Bertz CT molecular complexity index is 440. The first-order valence-electron chi connectivity index (χ1n) is 6.79. The van der Waals surface area contributed by atoms with Gasteiger partial charge in [0.1, 0.15) is 0 Å². The molecule has 1 aliphatic heterocycles. The Morgan fingerprint density at radius 2 is 1.79 bits per heavy atom. The highest BCUT2D eigenvalue weighted by Gasteiger charge is 2.28. The molecule has 1 fully saturated rings. The number of phenols is 1. The molecule has 4 heteroatoms. The molecular formula is C15H21F2NO. The fraction of sp³-hybridized carbons (Fsp3) is 0.600. The monoisotopic (exact) mass is 269 g/mol. The summed E-state index contributed by atoms with van der Waals surface area (Å²) >= 11 is 0. The standard InChI is InChI=1S/C15H21F2NO/c1-9-4-10(2)11(3)18(7-9)8-12-5-13(16)15(19)14(17)6-12/h5-6,9-11,19H,4,7-8H2,1-3H3. The molecule has 2 rings (SSSR count). The van der Waals surface area contributed by atoms with Crippen molar-refractivity contribution in [2.24, 2.45) is 11.8 Å². The fourth-order valence-electron chi connectivity index (χ4n) is 2.98. The van der Waals surface area contributed by atoms with Crippen molar-refractivity contribution in [1.29, 1.82) is 0 Å². The van der Waals surface area contributed by atoms with Crippen molar-refractivity contribution in [3.05, 3.63) is 29.3 Å². The smallest absolute Gasteiger partial charge is 0.187 e. The number of hydrogen-bond donors (Lipinski definition) is 1. The minimum absolute atomic E-state index is 0.399. The van der Waals surface area contributed by atoms with Gasteiger partial charge in [-0.2, -0.15) is 0 Å². The second kappa shape index (κ2) is 5.45. The van der Waals surface area contributed by atoms with E-state index in [0.29, 0.717) is 30.0 Å². The van der Waals surface area contributed by atoms with Crippen LogP contribution in [0.1, 0.15) is 32.8 Å². The van der Waals surface area contributed by atoms with Crippen molar-refractivity contribution in [3.63, 3.8) is 0 Å². The Hall–Kier alpha value is -1.16. The van der Waals surface area contributed by atoms with E-state index in [-0.39, 0.29) is 0 Å². The van der Waals surface area contributed by atoms with Crippen molar-refractivity contribution < 1.29 is 13.9 Å². The molecule has 1 N–H and O–H groups in total. The molecular weight excluding hydrogens is 248 g/mol. The van der Waals surface area contributed by atoms with Crippen LogP contribution in [-0.4, -0.2) is 22.6 Å². The van der Waals surface area contributed by atoms with Crippen molar-refractivity contribution in [2.75, 3.05) is 6.54 Å². The Balaban J connectivity index is 2.16. The van der Waals surface area contributed by atoms with E-state index < -0.39 is 17.4 Å². The number of halogens is 2. The number of aromatic hydroxyl groups is 1. The van der Waals surface area contributed by atoms with Gasteiger partial charge in [-0.1, -0.05) is 13.8 Å². The first-order chi connectivity index (χ1) is 8.88. The number of phenolic OH excluding ortho intramolecular Hbond substituents is 1. The van der Waals surface area contributed by atoms with Crippen molar-refractivity contribution in [1.82, 2.24) is 4.90 Å². The highest BCUT2D eigenvalue weighted by atomic mass is 19.1. The quantitative estimate of drug-likeness (QED) is 0.887. The first kappa shape index (κ1) is 14.3. The van der Waals surface area contributed by atoms with Gasteiger partial charge in [0.15, 0.2) is 17.4 Å². The van der Waals surface area contributed by atoms with Crippen molar-refractivity contribution >= 4 is 0 Å². The molecule has 19 heavy (non-hydrogen) atoms. The lowest BCUT2D eigenvalue weighted by Gasteiger charge is -2.41. The summed E-state index contributed by atoms with van der Waals surface area (Å²) in [5.41, 5.74) is 0.570. The molecule has 0 amide bonds. The largest absolute Gasteiger partial charge is 0.503 e. The molecule has 1 aromatic rings. The predicted octanol–water partition coefficient (Wildman–Crippen LogP) is 3.54. The van der Waals surface area contributed by atoms with E-state index in [2.05, 4.69) is 25.7 Å². The van der Waals surface area contributed by atoms with Gasteiger partial charge in [-0.15, -0.1) is 0 Å². The Kier molecular flexibility index (Phi) is 4.09. The summed E-state index contributed by atoms with van der Waals surface area (Å²) in [6, 6.07) is 2.83. The summed E-state index contributed by atoms with van der Waals surface area (Å²) in [6.07, 6.45) is 1.19.